The maximum absolute atomic E-state index is 13.7. The van der Waals surface area contributed by atoms with E-state index in [-0.39, 0.29) is 11.9 Å². The molecule has 0 bridgehead atoms. The van der Waals surface area contributed by atoms with Gasteiger partial charge in [-0.05, 0) is 91.3 Å². The Labute approximate surface area is 209 Å². The largest absolute Gasteiger partial charge is 0.362 e. The van der Waals surface area contributed by atoms with Crippen molar-refractivity contribution in [2.45, 2.75) is 45.7 Å². The maximum Gasteiger partial charge on any atom is 0.267 e. The number of H-pyrrole nitrogens is 2. The van der Waals surface area contributed by atoms with Gasteiger partial charge >= 0.3 is 0 Å². The first-order valence-corrected chi connectivity index (χ1v) is 12.3. The van der Waals surface area contributed by atoms with E-state index < -0.39 is 5.91 Å². The van der Waals surface area contributed by atoms with Gasteiger partial charge in [-0.25, -0.2) is 9.87 Å². The molecule has 36 heavy (non-hydrogen) atoms. The average molecular weight is 487 g/mol. The topological polar surface area (TPSA) is 84.2 Å². The van der Waals surface area contributed by atoms with Crippen LogP contribution in [0.25, 0.3) is 17.0 Å². The van der Waals surface area contributed by atoms with Gasteiger partial charge in [0.2, 0.25) is 0 Å². The van der Waals surface area contributed by atoms with Gasteiger partial charge < -0.3 is 9.97 Å². The molecule has 7 heteroatoms. The highest BCUT2D eigenvalue weighted by Crippen LogP contribution is 2.38. The third-order valence-corrected chi connectivity index (χ3v) is 7.22. The van der Waals surface area contributed by atoms with Gasteiger partial charge in [-0.15, -0.1) is 0 Å². The Morgan fingerprint density at radius 2 is 2.06 bits per heavy atom. The third-order valence-electron chi connectivity index (χ3n) is 7.22. The van der Waals surface area contributed by atoms with E-state index in [4.69, 9.17) is 5.21 Å². The molecule has 186 valence electrons. The number of halogens is 1. The number of rotatable bonds is 8. The van der Waals surface area contributed by atoms with E-state index in [2.05, 4.69) is 46.9 Å². The summed E-state index contributed by atoms with van der Waals surface area (Å²) in [5, 5.41) is 9.79. The Hall–Kier alpha value is -3.68. The summed E-state index contributed by atoms with van der Waals surface area (Å²) in [6.45, 7) is 5.92. The number of nitrogens with one attached hydrogen (secondary N) is 3. The molecule has 0 spiro atoms. The molecule has 2 heterocycles. The van der Waals surface area contributed by atoms with Crippen molar-refractivity contribution in [3.63, 3.8) is 0 Å². The first-order chi connectivity index (χ1) is 17.4. The minimum absolute atomic E-state index is 0.232. The number of aryl methyl sites for hydroxylation is 3. The zero-order valence-corrected chi connectivity index (χ0v) is 20.6. The second kappa shape index (κ2) is 10.1. The zero-order valence-electron chi connectivity index (χ0n) is 20.6. The second-order valence-electron chi connectivity index (χ2n) is 9.65. The quantitative estimate of drug-likeness (QED) is 0.151. The lowest BCUT2D eigenvalue weighted by molar-refractivity contribution is -0.124. The molecule has 1 aliphatic carbocycles. The van der Waals surface area contributed by atoms with Crippen LogP contribution < -0.4 is 5.48 Å². The third kappa shape index (κ3) is 4.98. The van der Waals surface area contributed by atoms with Gasteiger partial charge in [0.05, 0.1) is 0 Å². The molecule has 0 saturated heterocycles. The van der Waals surface area contributed by atoms with Crippen LogP contribution in [0.2, 0.25) is 0 Å². The zero-order chi connectivity index (χ0) is 25.2. The number of amides is 1. The van der Waals surface area contributed by atoms with Crippen molar-refractivity contribution in [1.82, 2.24) is 20.3 Å². The van der Waals surface area contributed by atoms with E-state index in [1.54, 1.807) is 17.6 Å². The lowest BCUT2D eigenvalue weighted by Crippen LogP contribution is -2.29. The summed E-state index contributed by atoms with van der Waals surface area (Å²) < 4.78 is 13.7. The van der Waals surface area contributed by atoms with E-state index in [0.717, 1.165) is 54.5 Å². The predicted molar refractivity (Wildman–Crippen MR) is 139 cm³/mol. The number of hydrogen-bond donors (Lipinski definition) is 4. The van der Waals surface area contributed by atoms with E-state index in [1.807, 2.05) is 18.3 Å². The lowest BCUT2D eigenvalue weighted by Gasteiger charge is -2.30. The molecule has 0 saturated carbocycles. The van der Waals surface area contributed by atoms with Crippen LogP contribution in [-0.2, 0) is 24.2 Å². The van der Waals surface area contributed by atoms with Crippen molar-refractivity contribution in [2.75, 3.05) is 6.54 Å². The number of aromatic nitrogens is 2. The molecule has 1 unspecified atom stereocenters. The van der Waals surface area contributed by atoms with E-state index in [1.165, 1.54) is 40.1 Å². The van der Waals surface area contributed by atoms with E-state index >= 15 is 0 Å². The monoisotopic (exact) mass is 486 g/mol. The van der Waals surface area contributed by atoms with Crippen molar-refractivity contribution >= 4 is 22.9 Å². The average Bonchev–Trinajstić information content (AvgIpc) is 3.56. The minimum atomic E-state index is -0.545. The normalized spacial score (nSPS) is 15.3. The van der Waals surface area contributed by atoms with Gasteiger partial charge in [0.1, 0.15) is 5.82 Å². The molecule has 1 atom stereocenters. The Bertz CT molecular complexity index is 1430. The van der Waals surface area contributed by atoms with Crippen LogP contribution in [0.15, 0.2) is 54.7 Å². The first kappa shape index (κ1) is 24.0. The van der Waals surface area contributed by atoms with Gasteiger partial charge in [-0.1, -0.05) is 18.2 Å². The second-order valence-corrected chi connectivity index (χ2v) is 9.65. The van der Waals surface area contributed by atoms with Crippen molar-refractivity contribution in [3.05, 3.63) is 99.8 Å². The molecule has 2 aromatic carbocycles. The van der Waals surface area contributed by atoms with Crippen molar-refractivity contribution in [2.24, 2.45) is 0 Å². The SMILES string of the molecule is Cc1cc(CN(CCc2c[nH]c3cc(F)ccc23)C2CCc3cc(C=CC(=O)NO)ccc32)c(C)[nH]1. The minimum Gasteiger partial charge on any atom is -0.362 e. The van der Waals surface area contributed by atoms with E-state index in [9.17, 15) is 9.18 Å². The van der Waals surface area contributed by atoms with Gasteiger partial charge in [-0.3, -0.25) is 14.9 Å². The number of hydrogen-bond acceptors (Lipinski definition) is 3. The van der Waals surface area contributed by atoms with Gasteiger partial charge in [0.25, 0.3) is 5.91 Å². The van der Waals surface area contributed by atoms with Gasteiger partial charge in [0, 0.05) is 53.7 Å². The molecule has 4 N–H and O–H groups in total. The lowest BCUT2D eigenvalue weighted by atomic mass is 10.0. The summed E-state index contributed by atoms with van der Waals surface area (Å²) in [6.07, 6.45) is 7.89. The Balaban J connectivity index is 1.40. The molecule has 0 aliphatic heterocycles. The summed E-state index contributed by atoms with van der Waals surface area (Å²) in [6, 6.07) is 13.8. The van der Waals surface area contributed by atoms with Gasteiger partial charge in [-0.2, -0.15) is 0 Å². The van der Waals surface area contributed by atoms with Crippen molar-refractivity contribution in [3.8, 4) is 0 Å². The Kier molecular flexibility index (Phi) is 6.76. The number of benzene rings is 2. The number of carbonyl (C=O) groups excluding carboxylic acids is 1. The van der Waals surface area contributed by atoms with Crippen LogP contribution >= 0.6 is 0 Å². The van der Waals surface area contributed by atoms with Crippen LogP contribution in [0.5, 0.6) is 0 Å². The fraction of sp³-hybridized carbons (Fsp3) is 0.276. The molecule has 1 aliphatic rings. The maximum atomic E-state index is 13.7. The number of nitrogens with zero attached hydrogens (tertiary/aromatic N) is 1. The molecule has 0 radical (unpaired) electrons. The summed E-state index contributed by atoms with van der Waals surface area (Å²) in [5.41, 5.74) is 10.9. The number of fused-ring (bicyclic) bond motifs is 2. The summed E-state index contributed by atoms with van der Waals surface area (Å²) >= 11 is 0. The number of carbonyl (C=O) groups is 1. The fourth-order valence-corrected chi connectivity index (χ4v) is 5.45. The molecule has 2 aromatic heterocycles. The highest BCUT2D eigenvalue weighted by atomic mass is 19.1. The van der Waals surface area contributed by atoms with Crippen LogP contribution in [0, 0.1) is 19.7 Å². The summed E-state index contributed by atoms with van der Waals surface area (Å²) in [4.78, 5) is 20.6. The molecule has 1 amide bonds. The smallest absolute Gasteiger partial charge is 0.267 e. The number of aromatic amines is 2. The van der Waals surface area contributed by atoms with Crippen LogP contribution in [0.3, 0.4) is 0 Å². The van der Waals surface area contributed by atoms with Crippen LogP contribution in [-0.4, -0.2) is 32.5 Å². The Morgan fingerprint density at radius 3 is 2.83 bits per heavy atom. The molecular formula is C29H31FN4O2. The Morgan fingerprint density at radius 1 is 1.19 bits per heavy atom. The van der Waals surface area contributed by atoms with Crippen molar-refractivity contribution < 1.29 is 14.4 Å². The molecule has 5 rings (SSSR count). The van der Waals surface area contributed by atoms with Gasteiger partial charge in [0.15, 0.2) is 0 Å². The van der Waals surface area contributed by atoms with Crippen LogP contribution in [0.4, 0.5) is 4.39 Å². The van der Waals surface area contributed by atoms with Crippen LogP contribution in [0.1, 0.15) is 51.7 Å². The fourth-order valence-electron chi connectivity index (χ4n) is 5.45. The molecule has 6 nitrogen and oxygen atoms in total. The standard InChI is InChI=1S/C29H31FN4O2/c1-18-13-23(19(2)32-18)17-34(12-11-22-16-31-27-15-24(30)6-8-25(22)27)28-9-5-21-14-20(3-7-26(21)28)4-10-29(35)33-36/h3-4,6-8,10,13-16,28,31-32,36H,5,9,11-12,17H2,1-2H3,(H,33,35). The van der Waals surface area contributed by atoms with E-state index in [0.29, 0.717) is 0 Å². The summed E-state index contributed by atoms with van der Waals surface area (Å²) in [5.74, 6) is -0.777. The molecular weight excluding hydrogens is 455 g/mol. The predicted octanol–water partition coefficient (Wildman–Crippen LogP) is 5.50. The molecule has 0 fully saturated rings. The first-order valence-electron chi connectivity index (χ1n) is 12.3. The highest BCUT2D eigenvalue weighted by molar-refractivity contribution is 5.90. The number of hydroxylamine groups is 1. The summed E-state index contributed by atoms with van der Waals surface area (Å²) in [7, 11) is 0. The van der Waals surface area contributed by atoms with Crippen molar-refractivity contribution in [1.29, 1.82) is 0 Å². The highest BCUT2D eigenvalue weighted by Gasteiger charge is 2.28. The molecule has 4 aromatic rings.